The molecule has 1 aliphatic heterocycles. The predicted molar refractivity (Wildman–Crippen MR) is 94.2 cm³/mol. The zero-order valence-electron chi connectivity index (χ0n) is 15.9. The Morgan fingerprint density at radius 3 is 2.23 bits per heavy atom. The van der Waals surface area contributed by atoms with Gasteiger partial charge in [0.2, 0.25) is 0 Å². The SMILES string of the molecule is C[C@@H](O[C@H]1OCCN[C@H]1C1=CCC(F)C=C1)c1cc(C(F)(F)F)cc(C(F)(F)F)c1. The van der Waals surface area contributed by atoms with Gasteiger partial charge in [0.1, 0.15) is 6.17 Å². The molecule has 1 aromatic carbocycles. The molecule has 0 spiro atoms. The van der Waals surface area contributed by atoms with Crippen molar-refractivity contribution < 1.29 is 40.2 Å². The molecule has 0 radical (unpaired) electrons. The van der Waals surface area contributed by atoms with Crippen LogP contribution in [0.25, 0.3) is 0 Å². The van der Waals surface area contributed by atoms with Crippen molar-refractivity contribution in [3.05, 3.63) is 58.7 Å². The molecule has 3 rings (SSSR count). The minimum Gasteiger partial charge on any atom is -0.349 e. The van der Waals surface area contributed by atoms with Crippen molar-refractivity contribution in [2.24, 2.45) is 0 Å². The molecule has 1 heterocycles. The topological polar surface area (TPSA) is 30.5 Å². The van der Waals surface area contributed by atoms with Crippen molar-refractivity contribution in [3.63, 3.8) is 0 Å². The molecule has 0 aromatic heterocycles. The fourth-order valence-corrected chi connectivity index (χ4v) is 3.31. The third-order valence-corrected chi connectivity index (χ3v) is 4.87. The first-order valence-electron chi connectivity index (χ1n) is 9.27. The molecule has 166 valence electrons. The summed E-state index contributed by atoms with van der Waals surface area (Å²) in [6.07, 6.45) is -8.33. The van der Waals surface area contributed by atoms with Crippen molar-refractivity contribution in [3.8, 4) is 0 Å². The normalized spacial score (nSPS) is 26.4. The van der Waals surface area contributed by atoms with Gasteiger partial charge in [-0.25, -0.2) is 4.39 Å². The standard InChI is InChI=1S/C20H20F7NO2/c1-11(13-8-14(19(22,23)24)10-15(9-13)20(25,26)27)30-18-17(28-6-7-29-18)12-2-4-16(21)5-3-12/h2-4,8-11,16-18,28H,5-7H2,1H3/t11-,16?,17+,18-/m1/s1. The Bertz CT molecular complexity index is 784. The van der Waals surface area contributed by atoms with Gasteiger partial charge in [-0.15, -0.1) is 0 Å². The zero-order valence-corrected chi connectivity index (χ0v) is 15.9. The van der Waals surface area contributed by atoms with Gasteiger partial charge in [0.05, 0.1) is 29.9 Å². The highest BCUT2D eigenvalue weighted by Crippen LogP contribution is 2.38. The molecular formula is C20H20F7NO2. The maximum absolute atomic E-state index is 13.3. The summed E-state index contributed by atoms with van der Waals surface area (Å²) < 4.78 is 103. The molecule has 0 amide bonds. The number of allylic oxidation sites excluding steroid dienone is 2. The van der Waals surface area contributed by atoms with Crippen molar-refractivity contribution in [2.75, 3.05) is 13.2 Å². The number of hydrogen-bond acceptors (Lipinski definition) is 3. The quantitative estimate of drug-likeness (QED) is 0.643. The van der Waals surface area contributed by atoms with E-state index in [1.807, 2.05) is 0 Å². The number of alkyl halides is 7. The summed E-state index contributed by atoms with van der Waals surface area (Å²) >= 11 is 0. The minimum atomic E-state index is -4.94. The molecule has 0 saturated carbocycles. The van der Waals surface area contributed by atoms with E-state index in [0.717, 1.165) is 0 Å². The fourth-order valence-electron chi connectivity index (χ4n) is 3.31. The molecule has 1 aliphatic carbocycles. The molecule has 1 aromatic rings. The summed E-state index contributed by atoms with van der Waals surface area (Å²) in [6.45, 7) is 2.06. The highest BCUT2D eigenvalue weighted by atomic mass is 19.4. The van der Waals surface area contributed by atoms with Gasteiger partial charge in [-0.05, 0) is 36.3 Å². The van der Waals surface area contributed by atoms with E-state index in [1.165, 1.54) is 13.0 Å². The second-order valence-corrected chi connectivity index (χ2v) is 7.10. The van der Waals surface area contributed by atoms with Crippen LogP contribution < -0.4 is 5.32 Å². The lowest BCUT2D eigenvalue weighted by atomic mass is 9.97. The van der Waals surface area contributed by atoms with Gasteiger partial charge < -0.3 is 14.8 Å². The minimum absolute atomic E-state index is 0.0721. The summed E-state index contributed by atoms with van der Waals surface area (Å²) in [4.78, 5) is 0. The average Bonchev–Trinajstić information content (AvgIpc) is 2.67. The van der Waals surface area contributed by atoms with E-state index >= 15 is 0 Å². The summed E-state index contributed by atoms with van der Waals surface area (Å²) in [5.41, 5.74) is -2.41. The molecule has 3 nitrogen and oxygen atoms in total. The van der Waals surface area contributed by atoms with Crippen LogP contribution in [0.4, 0.5) is 30.7 Å². The van der Waals surface area contributed by atoms with Crippen molar-refractivity contribution >= 4 is 0 Å². The van der Waals surface area contributed by atoms with Gasteiger partial charge in [0.25, 0.3) is 0 Å². The number of nitrogens with one attached hydrogen (secondary N) is 1. The highest BCUT2D eigenvalue weighted by molar-refractivity contribution is 5.35. The van der Waals surface area contributed by atoms with Crippen molar-refractivity contribution in [2.45, 2.75) is 50.3 Å². The highest BCUT2D eigenvalue weighted by Gasteiger charge is 2.38. The van der Waals surface area contributed by atoms with E-state index < -0.39 is 48.1 Å². The van der Waals surface area contributed by atoms with Gasteiger partial charge in [-0.1, -0.05) is 18.2 Å². The monoisotopic (exact) mass is 439 g/mol. The fraction of sp³-hybridized carbons (Fsp3) is 0.500. The van der Waals surface area contributed by atoms with Gasteiger partial charge in [-0.3, -0.25) is 0 Å². The molecule has 1 unspecified atom stereocenters. The Morgan fingerprint density at radius 2 is 1.70 bits per heavy atom. The van der Waals surface area contributed by atoms with Crippen molar-refractivity contribution in [1.82, 2.24) is 5.32 Å². The van der Waals surface area contributed by atoms with Crippen LogP contribution in [0.15, 0.2) is 42.0 Å². The van der Waals surface area contributed by atoms with E-state index in [9.17, 15) is 30.7 Å². The van der Waals surface area contributed by atoms with Crippen LogP contribution in [0.1, 0.15) is 36.1 Å². The van der Waals surface area contributed by atoms with Gasteiger partial charge in [-0.2, -0.15) is 26.3 Å². The number of rotatable bonds is 4. The maximum Gasteiger partial charge on any atom is 0.416 e. The lowest BCUT2D eigenvalue weighted by Crippen LogP contribution is -2.50. The molecule has 1 saturated heterocycles. The van der Waals surface area contributed by atoms with Gasteiger partial charge in [0, 0.05) is 13.0 Å². The predicted octanol–water partition coefficient (Wildman–Crippen LogP) is 5.34. The van der Waals surface area contributed by atoms with Gasteiger partial charge in [0.15, 0.2) is 6.29 Å². The third kappa shape index (κ3) is 5.41. The smallest absolute Gasteiger partial charge is 0.349 e. The first-order chi connectivity index (χ1) is 13.9. The van der Waals surface area contributed by atoms with E-state index in [1.54, 1.807) is 12.2 Å². The second kappa shape index (κ2) is 8.68. The van der Waals surface area contributed by atoms with Crippen LogP contribution in [0.2, 0.25) is 0 Å². The van der Waals surface area contributed by atoms with E-state index in [-0.39, 0.29) is 24.7 Å². The Kier molecular flexibility index (Phi) is 6.59. The Balaban J connectivity index is 1.85. The van der Waals surface area contributed by atoms with E-state index in [4.69, 9.17) is 9.47 Å². The first-order valence-corrected chi connectivity index (χ1v) is 9.27. The first kappa shape index (κ1) is 22.8. The molecular weight excluding hydrogens is 419 g/mol. The lowest BCUT2D eigenvalue weighted by Gasteiger charge is -2.36. The molecule has 1 N–H and O–H groups in total. The Labute approximate surface area is 168 Å². The summed E-state index contributed by atoms with van der Waals surface area (Å²) in [5, 5.41) is 3.13. The Hall–Kier alpha value is -1.91. The summed E-state index contributed by atoms with van der Waals surface area (Å²) in [6, 6.07) is 0.817. The molecule has 2 aliphatic rings. The van der Waals surface area contributed by atoms with E-state index in [0.29, 0.717) is 24.3 Å². The number of halogens is 7. The van der Waals surface area contributed by atoms with Gasteiger partial charge >= 0.3 is 12.4 Å². The second-order valence-electron chi connectivity index (χ2n) is 7.10. The Morgan fingerprint density at radius 1 is 1.07 bits per heavy atom. The maximum atomic E-state index is 13.3. The largest absolute Gasteiger partial charge is 0.416 e. The van der Waals surface area contributed by atoms with Crippen LogP contribution in [0.5, 0.6) is 0 Å². The number of benzene rings is 1. The molecule has 1 fully saturated rings. The summed E-state index contributed by atoms with van der Waals surface area (Å²) in [7, 11) is 0. The van der Waals surface area contributed by atoms with Crippen LogP contribution in [0.3, 0.4) is 0 Å². The van der Waals surface area contributed by atoms with E-state index in [2.05, 4.69) is 5.32 Å². The third-order valence-electron chi connectivity index (χ3n) is 4.87. The zero-order chi connectivity index (χ0) is 22.1. The number of morpholine rings is 1. The lowest BCUT2D eigenvalue weighted by molar-refractivity contribution is -0.192. The summed E-state index contributed by atoms with van der Waals surface area (Å²) in [5.74, 6) is 0. The van der Waals surface area contributed by atoms with Crippen LogP contribution in [-0.2, 0) is 21.8 Å². The molecule has 4 atom stereocenters. The van der Waals surface area contributed by atoms with Crippen LogP contribution >= 0.6 is 0 Å². The molecule has 10 heteroatoms. The molecule has 30 heavy (non-hydrogen) atoms. The van der Waals surface area contributed by atoms with Crippen LogP contribution in [-0.4, -0.2) is 31.7 Å². The molecule has 0 bridgehead atoms. The number of hydrogen-bond donors (Lipinski definition) is 1. The average molecular weight is 439 g/mol. The van der Waals surface area contributed by atoms with Crippen LogP contribution in [0, 0.1) is 0 Å². The van der Waals surface area contributed by atoms with Crippen molar-refractivity contribution in [1.29, 1.82) is 0 Å². The number of ether oxygens (including phenoxy) is 2.